The molecule has 8 heteroatoms. The molecule has 3 aromatic carbocycles. The molecular weight excluding hydrogens is 415 g/mol. The molecule has 1 heterocycles. The minimum Gasteiger partial charge on any atom is -0.324 e. The zero-order chi connectivity index (χ0) is 21.6. The van der Waals surface area contributed by atoms with Crippen LogP contribution in [0.3, 0.4) is 0 Å². The molecule has 4 rings (SSSR count). The van der Waals surface area contributed by atoms with Gasteiger partial charge in [0.25, 0.3) is 0 Å². The van der Waals surface area contributed by atoms with Crippen molar-refractivity contribution in [1.29, 1.82) is 0 Å². The molecule has 0 aliphatic rings. The van der Waals surface area contributed by atoms with Crippen molar-refractivity contribution in [2.45, 2.75) is 6.92 Å². The van der Waals surface area contributed by atoms with Crippen LogP contribution in [0.1, 0.15) is 11.1 Å². The van der Waals surface area contributed by atoms with Crippen molar-refractivity contribution in [1.82, 2.24) is 15.0 Å². The molecule has 0 radical (unpaired) electrons. The van der Waals surface area contributed by atoms with Crippen LogP contribution >= 0.6 is 11.6 Å². The van der Waals surface area contributed by atoms with Crippen molar-refractivity contribution in [3.8, 4) is 11.4 Å². The quantitative estimate of drug-likeness (QED) is 0.296. The molecule has 2 N–H and O–H groups in total. The van der Waals surface area contributed by atoms with Crippen LogP contribution in [0, 0.1) is 12.7 Å². The van der Waals surface area contributed by atoms with Crippen molar-refractivity contribution >= 4 is 35.4 Å². The average Bonchev–Trinajstić information content (AvgIpc) is 2.77. The van der Waals surface area contributed by atoms with Gasteiger partial charge in [-0.2, -0.15) is 20.1 Å². The van der Waals surface area contributed by atoms with E-state index in [1.54, 1.807) is 48.7 Å². The molecular formula is C23H18ClFN6. The molecule has 0 amide bonds. The molecule has 0 bridgehead atoms. The molecule has 6 nitrogen and oxygen atoms in total. The van der Waals surface area contributed by atoms with Crippen LogP contribution in [0.4, 0.5) is 22.0 Å². The minimum absolute atomic E-state index is 0.174. The van der Waals surface area contributed by atoms with Crippen LogP contribution in [0.2, 0.25) is 5.02 Å². The number of halogens is 2. The van der Waals surface area contributed by atoms with E-state index < -0.39 is 5.82 Å². The third-order valence-electron chi connectivity index (χ3n) is 4.31. The van der Waals surface area contributed by atoms with E-state index in [4.69, 9.17) is 11.6 Å². The van der Waals surface area contributed by atoms with Crippen LogP contribution in [-0.4, -0.2) is 21.2 Å². The lowest BCUT2D eigenvalue weighted by Gasteiger charge is -2.09. The number of hydrazone groups is 1. The number of nitrogens with zero attached hydrogens (tertiary/aromatic N) is 4. The molecule has 0 atom stereocenters. The fourth-order valence-electron chi connectivity index (χ4n) is 2.72. The lowest BCUT2D eigenvalue weighted by atomic mass is 10.2. The van der Waals surface area contributed by atoms with Gasteiger partial charge in [0, 0.05) is 10.7 Å². The van der Waals surface area contributed by atoms with Gasteiger partial charge in [-0.25, -0.2) is 9.82 Å². The second kappa shape index (κ2) is 9.32. The Kier molecular flexibility index (Phi) is 6.14. The Hall–Kier alpha value is -3.84. The van der Waals surface area contributed by atoms with Gasteiger partial charge in [0.15, 0.2) is 5.82 Å². The highest BCUT2D eigenvalue weighted by Crippen LogP contribution is 2.23. The summed E-state index contributed by atoms with van der Waals surface area (Å²) in [5.41, 5.74) is 5.86. The summed E-state index contributed by atoms with van der Waals surface area (Å²) in [6, 6.07) is 21.2. The van der Waals surface area contributed by atoms with Crippen LogP contribution in [0.25, 0.3) is 11.4 Å². The fraction of sp³-hybridized carbons (Fsp3) is 0.0435. The highest BCUT2D eigenvalue weighted by molar-refractivity contribution is 6.30. The van der Waals surface area contributed by atoms with Gasteiger partial charge < -0.3 is 5.32 Å². The third-order valence-corrected chi connectivity index (χ3v) is 4.56. The minimum atomic E-state index is -0.430. The van der Waals surface area contributed by atoms with Gasteiger partial charge in [0.05, 0.1) is 11.8 Å². The topological polar surface area (TPSA) is 75.1 Å². The maximum atomic E-state index is 14.3. The summed E-state index contributed by atoms with van der Waals surface area (Å²) < 4.78 is 14.3. The van der Waals surface area contributed by atoms with Crippen molar-refractivity contribution in [2.24, 2.45) is 5.10 Å². The zero-order valence-electron chi connectivity index (χ0n) is 16.6. The standard InChI is InChI=1S/C23H18ClFN6/c1-15-6-8-16(9-7-15)14-26-31-23-29-21(19-4-2-3-5-20(19)25)28-22(30-23)27-18-12-10-17(24)11-13-18/h2-14H,1H3,(H2,27,28,29,30,31). The summed E-state index contributed by atoms with van der Waals surface area (Å²) in [5.74, 6) is 0.162. The predicted octanol–water partition coefficient (Wildman–Crippen LogP) is 5.83. The van der Waals surface area contributed by atoms with Crippen molar-refractivity contribution in [3.05, 3.63) is 94.8 Å². The number of anilines is 3. The Morgan fingerprint density at radius 3 is 2.32 bits per heavy atom. The van der Waals surface area contributed by atoms with Crippen LogP contribution in [-0.2, 0) is 0 Å². The molecule has 154 valence electrons. The van der Waals surface area contributed by atoms with Gasteiger partial charge in [0.2, 0.25) is 11.9 Å². The van der Waals surface area contributed by atoms with Crippen LogP contribution in [0.5, 0.6) is 0 Å². The van der Waals surface area contributed by atoms with Gasteiger partial charge in [-0.15, -0.1) is 0 Å². The second-order valence-corrected chi connectivity index (χ2v) is 7.14. The lowest BCUT2D eigenvalue weighted by Crippen LogP contribution is -2.06. The summed E-state index contributed by atoms with van der Waals surface area (Å²) in [6.07, 6.45) is 1.65. The van der Waals surface area contributed by atoms with E-state index in [9.17, 15) is 4.39 Å². The molecule has 0 saturated heterocycles. The zero-order valence-corrected chi connectivity index (χ0v) is 17.3. The molecule has 0 aliphatic heterocycles. The second-order valence-electron chi connectivity index (χ2n) is 6.70. The van der Waals surface area contributed by atoms with Gasteiger partial charge in [-0.3, -0.25) is 0 Å². The first-order valence-electron chi connectivity index (χ1n) is 9.46. The summed E-state index contributed by atoms with van der Waals surface area (Å²) in [7, 11) is 0. The number of benzene rings is 3. The van der Waals surface area contributed by atoms with Crippen molar-refractivity contribution < 1.29 is 4.39 Å². The van der Waals surface area contributed by atoms with E-state index >= 15 is 0 Å². The summed E-state index contributed by atoms with van der Waals surface area (Å²) in [6.45, 7) is 2.02. The lowest BCUT2D eigenvalue weighted by molar-refractivity contribution is 0.630. The molecule has 31 heavy (non-hydrogen) atoms. The summed E-state index contributed by atoms with van der Waals surface area (Å²) in [4.78, 5) is 13.0. The molecule has 0 spiro atoms. The van der Waals surface area contributed by atoms with E-state index in [2.05, 4.69) is 30.8 Å². The first-order valence-corrected chi connectivity index (χ1v) is 9.84. The first-order chi connectivity index (χ1) is 15.1. The van der Waals surface area contributed by atoms with E-state index in [-0.39, 0.29) is 23.3 Å². The Labute approximate surface area is 183 Å². The molecule has 0 saturated carbocycles. The summed E-state index contributed by atoms with van der Waals surface area (Å²) in [5, 5.41) is 7.88. The predicted molar refractivity (Wildman–Crippen MR) is 122 cm³/mol. The normalized spacial score (nSPS) is 10.9. The van der Waals surface area contributed by atoms with Gasteiger partial charge >= 0.3 is 0 Å². The molecule has 1 aromatic heterocycles. The highest BCUT2D eigenvalue weighted by Gasteiger charge is 2.12. The average molecular weight is 433 g/mol. The van der Waals surface area contributed by atoms with E-state index in [0.29, 0.717) is 5.02 Å². The number of aryl methyl sites for hydroxylation is 1. The van der Waals surface area contributed by atoms with Gasteiger partial charge in [-0.05, 0) is 48.9 Å². The Bertz CT molecular complexity index is 1210. The fourth-order valence-corrected chi connectivity index (χ4v) is 2.85. The van der Waals surface area contributed by atoms with E-state index in [0.717, 1.165) is 16.8 Å². The van der Waals surface area contributed by atoms with Crippen LogP contribution in [0.15, 0.2) is 77.9 Å². The number of rotatable bonds is 6. The van der Waals surface area contributed by atoms with E-state index in [1.807, 2.05) is 31.2 Å². The third kappa shape index (κ3) is 5.40. The molecule has 0 unspecified atom stereocenters. The number of nitrogens with one attached hydrogen (secondary N) is 2. The smallest absolute Gasteiger partial charge is 0.248 e. The Morgan fingerprint density at radius 1 is 0.871 bits per heavy atom. The van der Waals surface area contributed by atoms with Crippen LogP contribution < -0.4 is 10.7 Å². The molecule has 0 fully saturated rings. The SMILES string of the molecule is Cc1ccc(C=NNc2nc(Nc3ccc(Cl)cc3)nc(-c3ccccc3F)n2)cc1. The summed E-state index contributed by atoms with van der Waals surface area (Å²) >= 11 is 5.94. The number of aromatic nitrogens is 3. The highest BCUT2D eigenvalue weighted by atomic mass is 35.5. The maximum absolute atomic E-state index is 14.3. The Balaban J connectivity index is 1.64. The van der Waals surface area contributed by atoms with Gasteiger partial charge in [0.1, 0.15) is 5.82 Å². The molecule has 4 aromatic rings. The van der Waals surface area contributed by atoms with Gasteiger partial charge in [-0.1, -0.05) is 53.6 Å². The Morgan fingerprint density at radius 2 is 1.58 bits per heavy atom. The number of hydrogen-bond donors (Lipinski definition) is 2. The van der Waals surface area contributed by atoms with Crippen molar-refractivity contribution in [2.75, 3.05) is 10.7 Å². The van der Waals surface area contributed by atoms with Crippen molar-refractivity contribution in [3.63, 3.8) is 0 Å². The maximum Gasteiger partial charge on any atom is 0.248 e. The first kappa shape index (κ1) is 20.4. The number of hydrogen-bond acceptors (Lipinski definition) is 6. The largest absolute Gasteiger partial charge is 0.324 e. The monoisotopic (exact) mass is 432 g/mol. The van der Waals surface area contributed by atoms with E-state index in [1.165, 1.54) is 6.07 Å². The molecule has 0 aliphatic carbocycles.